The van der Waals surface area contributed by atoms with Gasteiger partial charge in [-0.2, -0.15) is 0 Å². The number of amides is 1. The third-order valence-corrected chi connectivity index (χ3v) is 3.78. The molecule has 2 rings (SSSR count). The molecule has 5 heteroatoms. The van der Waals surface area contributed by atoms with Crippen LogP contribution in [-0.4, -0.2) is 23.6 Å². The largest absolute Gasteiger partial charge is 0.491 e. The van der Waals surface area contributed by atoms with Crippen molar-refractivity contribution in [3.05, 3.63) is 24.3 Å². The topological polar surface area (TPSA) is 75.6 Å². The molecule has 21 heavy (non-hydrogen) atoms. The van der Waals surface area contributed by atoms with E-state index in [0.29, 0.717) is 30.9 Å². The highest BCUT2D eigenvalue weighted by Gasteiger charge is 2.37. The van der Waals surface area contributed by atoms with E-state index in [0.717, 1.165) is 12.8 Å². The maximum Gasteiger partial charge on any atom is 0.307 e. The van der Waals surface area contributed by atoms with E-state index in [1.54, 1.807) is 12.1 Å². The van der Waals surface area contributed by atoms with Crippen molar-refractivity contribution in [1.29, 1.82) is 0 Å². The number of carboxylic acids is 1. The summed E-state index contributed by atoms with van der Waals surface area (Å²) in [6, 6.07) is 7.23. The zero-order valence-electron chi connectivity index (χ0n) is 12.2. The minimum Gasteiger partial charge on any atom is -0.491 e. The van der Waals surface area contributed by atoms with Gasteiger partial charge in [-0.25, -0.2) is 0 Å². The van der Waals surface area contributed by atoms with E-state index in [-0.39, 0.29) is 5.91 Å². The molecular formula is C16H21NO4. The molecular weight excluding hydrogens is 270 g/mol. The van der Waals surface area contributed by atoms with Crippen molar-refractivity contribution in [2.45, 2.75) is 32.6 Å². The van der Waals surface area contributed by atoms with Gasteiger partial charge < -0.3 is 15.2 Å². The molecule has 1 aliphatic rings. The second-order valence-corrected chi connectivity index (χ2v) is 5.32. The van der Waals surface area contributed by atoms with Gasteiger partial charge in [0.1, 0.15) is 5.75 Å². The molecule has 114 valence electrons. The Hall–Kier alpha value is -2.04. The molecule has 2 atom stereocenters. The Morgan fingerprint density at radius 2 is 2.00 bits per heavy atom. The summed E-state index contributed by atoms with van der Waals surface area (Å²) in [6.07, 6.45) is 2.86. The van der Waals surface area contributed by atoms with Gasteiger partial charge >= 0.3 is 5.97 Å². The van der Waals surface area contributed by atoms with Crippen LogP contribution in [0.3, 0.4) is 0 Å². The SMILES string of the molecule is CCCOc1ccccc1NC(=O)[C@@H]1CCC[C@@H]1C(=O)O. The van der Waals surface area contributed by atoms with Crippen LogP contribution >= 0.6 is 0 Å². The van der Waals surface area contributed by atoms with E-state index in [2.05, 4.69) is 5.32 Å². The van der Waals surface area contributed by atoms with Crippen LogP contribution in [-0.2, 0) is 9.59 Å². The van der Waals surface area contributed by atoms with Crippen molar-refractivity contribution >= 4 is 17.6 Å². The quantitative estimate of drug-likeness (QED) is 0.845. The van der Waals surface area contributed by atoms with Gasteiger partial charge in [0.05, 0.1) is 24.1 Å². The van der Waals surface area contributed by atoms with E-state index < -0.39 is 17.8 Å². The number of anilines is 1. The fraction of sp³-hybridized carbons (Fsp3) is 0.500. The molecule has 0 unspecified atom stereocenters. The summed E-state index contributed by atoms with van der Waals surface area (Å²) < 4.78 is 5.59. The number of aliphatic carboxylic acids is 1. The zero-order chi connectivity index (χ0) is 15.2. The van der Waals surface area contributed by atoms with Crippen LogP contribution in [0, 0.1) is 11.8 Å². The Morgan fingerprint density at radius 1 is 1.29 bits per heavy atom. The lowest BCUT2D eigenvalue weighted by atomic mass is 9.95. The molecule has 5 nitrogen and oxygen atoms in total. The second kappa shape index (κ2) is 7.11. The standard InChI is InChI=1S/C16H21NO4/c1-2-10-21-14-9-4-3-8-13(14)17-15(18)11-6-5-7-12(11)16(19)20/h3-4,8-9,11-12H,2,5-7,10H2,1H3,(H,17,18)(H,19,20)/t11-,12+/m1/s1. The Labute approximate surface area is 124 Å². The summed E-state index contributed by atoms with van der Waals surface area (Å²) in [6.45, 7) is 2.59. The number of carboxylic acid groups (broad SMARTS) is 1. The van der Waals surface area contributed by atoms with Crippen LogP contribution < -0.4 is 10.1 Å². The molecule has 0 saturated heterocycles. The third kappa shape index (κ3) is 3.74. The van der Waals surface area contributed by atoms with Crippen molar-refractivity contribution in [2.24, 2.45) is 11.8 Å². The first kappa shape index (κ1) is 15.4. The smallest absolute Gasteiger partial charge is 0.307 e. The first-order valence-corrected chi connectivity index (χ1v) is 7.39. The number of ether oxygens (including phenoxy) is 1. The van der Waals surface area contributed by atoms with Crippen molar-refractivity contribution in [3.8, 4) is 5.75 Å². The molecule has 1 aromatic rings. The van der Waals surface area contributed by atoms with Gasteiger partial charge in [-0.1, -0.05) is 25.5 Å². The molecule has 0 bridgehead atoms. The lowest BCUT2D eigenvalue weighted by molar-refractivity contribution is -0.145. The number of hydrogen-bond acceptors (Lipinski definition) is 3. The summed E-state index contributed by atoms with van der Waals surface area (Å²) in [5.41, 5.74) is 0.604. The number of para-hydroxylation sites is 2. The van der Waals surface area contributed by atoms with Gasteiger partial charge in [0, 0.05) is 0 Å². The minimum absolute atomic E-state index is 0.229. The van der Waals surface area contributed by atoms with E-state index in [1.165, 1.54) is 0 Å². The fourth-order valence-electron chi connectivity index (χ4n) is 2.70. The monoisotopic (exact) mass is 291 g/mol. The maximum atomic E-state index is 12.3. The first-order chi connectivity index (χ1) is 10.1. The summed E-state index contributed by atoms with van der Waals surface area (Å²) in [5, 5.41) is 12.0. The number of carbonyl (C=O) groups excluding carboxylic acids is 1. The highest BCUT2D eigenvalue weighted by molar-refractivity contribution is 5.96. The van der Waals surface area contributed by atoms with Gasteiger partial charge in [0.2, 0.25) is 5.91 Å². The lowest BCUT2D eigenvalue weighted by Crippen LogP contribution is -2.30. The van der Waals surface area contributed by atoms with Crippen molar-refractivity contribution in [2.75, 3.05) is 11.9 Å². The number of hydrogen-bond donors (Lipinski definition) is 2. The van der Waals surface area contributed by atoms with Gasteiger partial charge in [-0.05, 0) is 31.4 Å². The Bertz CT molecular complexity index is 515. The summed E-state index contributed by atoms with van der Waals surface area (Å²) in [5.74, 6) is -1.52. The summed E-state index contributed by atoms with van der Waals surface area (Å²) in [7, 11) is 0. The molecule has 0 aromatic heterocycles. The Balaban J connectivity index is 2.07. The highest BCUT2D eigenvalue weighted by atomic mass is 16.5. The maximum absolute atomic E-state index is 12.3. The van der Waals surface area contributed by atoms with Crippen LogP contribution in [0.1, 0.15) is 32.6 Å². The Kier molecular flexibility index (Phi) is 5.20. The molecule has 1 aromatic carbocycles. The van der Waals surface area contributed by atoms with Crippen LogP contribution in [0.25, 0.3) is 0 Å². The predicted octanol–water partition coefficient (Wildman–Crippen LogP) is 2.91. The summed E-state index contributed by atoms with van der Waals surface area (Å²) in [4.78, 5) is 23.5. The molecule has 0 radical (unpaired) electrons. The molecule has 1 aliphatic carbocycles. The molecule has 0 spiro atoms. The first-order valence-electron chi connectivity index (χ1n) is 7.39. The number of carbonyl (C=O) groups is 2. The molecule has 2 N–H and O–H groups in total. The van der Waals surface area contributed by atoms with Gasteiger partial charge in [0.15, 0.2) is 0 Å². The minimum atomic E-state index is -0.886. The molecule has 1 saturated carbocycles. The van der Waals surface area contributed by atoms with E-state index in [1.807, 2.05) is 19.1 Å². The lowest BCUT2D eigenvalue weighted by Gasteiger charge is -2.17. The number of nitrogens with one attached hydrogen (secondary N) is 1. The van der Waals surface area contributed by atoms with Crippen molar-refractivity contribution < 1.29 is 19.4 Å². The van der Waals surface area contributed by atoms with E-state index in [4.69, 9.17) is 9.84 Å². The Morgan fingerprint density at radius 3 is 2.71 bits per heavy atom. The molecule has 0 heterocycles. The molecule has 1 amide bonds. The van der Waals surface area contributed by atoms with Gasteiger partial charge in [0.25, 0.3) is 0 Å². The van der Waals surface area contributed by atoms with Crippen LogP contribution in [0.2, 0.25) is 0 Å². The summed E-state index contributed by atoms with van der Waals surface area (Å²) >= 11 is 0. The number of rotatable bonds is 6. The van der Waals surface area contributed by atoms with Crippen molar-refractivity contribution in [1.82, 2.24) is 0 Å². The van der Waals surface area contributed by atoms with Crippen LogP contribution in [0.5, 0.6) is 5.75 Å². The van der Waals surface area contributed by atoms with Crippen molar-refractivity contribution in [3.63, 3.8) is 0 Å². The average molecular weight is 291 g/mol. The second-order valence-electron chi connectivity index (χ2n) is 5.32. The zero-order valence-corrected chi connectivity index (χ0v) is 12.2. The number of benzene rings is 1. The normalized spacial score (nSPS) is 21.0. The highest BCUT2D eigenvalue weighted by Crippen LogP contribution is 2.34. The molecule has 1 fully saturated rings. The van der Waals surface area contributed by atoms with Gasteiger partial charge in [-0.15, -0.1) is 0 Å². The predicted molar refractivity (Wildman–Crippen MR) is 79.3 cm³/mol. The van der Waals surface area contributed by atoms with Crippen LogP contribution in [0.15, 0.2) is 24.3 Å². The van der Waals surface area contributed by atoms with E-state index in [9.17, 15) is 9.59 Å². The van der Waals surface area contributed by atoms with Gasteiger partial charge in [-0.3, -0.25) is 9.59 Å². The van der Waals surface area contributed by atoms with E-state index >= 15 is 0 Å². The fourth-order valence-corrected chi connectivity index (χ4v) is 2.70. The average Bonchev–Trinajstić information content (AvgIpc) is 2.96. The third-order valence-electron chi connectivity index (χ3n) is 3.78. The van der Waals surface area contributed by atoms with Crippen LogP contribution in [0.4, 0.5) is 5.69 Å². The molecule has 0 aliphatic heterocycles.